The van der Waals surface area contributed by atoms with Gasteiger partial charge in [0, 0.05) is 43.8 Å². The summed E-state index contributed by atoms with van der Waals surface area (Å²) in [6.45, 7) is 5.46. The molecule has 30 heavy (non-hydrogen) atoms. The topological polar surface area (TPSA) is 38.8 Å². The summed E-state index contributed by atoms with van der Waals surface area (Å²) in [6.07, 6.45) is 0.919. The summed E-state index contributed by atoms with van der Waals surface area (Å²) in [4.78, 5) is 19.3. The van der Waals surface area contributed by atoms with Crippen LogP contribution in [-0.2, 0) is 0 Å². The van der Waals surface area contributed by atoms with Crippen molar-refractivity contribution in [3.05, 3.63) is 66.5 Å². The SMILES string of the molecule is O=C1Nc2cccc3cccc(c23)N1CCCN1CCN(c2ccc(F)cc2)CC1. The molecule has 2 amide bonds. The van der Waals surface area contributed by atoms with Crippen molar-refractivity contribution in [3.8, 4) is 0 Å². The number of hydrogen-bond donors (Lipinski definition) is 1. The van der Waals surface area contributed by atoms with Gasteiger partial charge in [-0.15, -0.1) is 0 Å². The molecule has 0 radical (unpaired) electrons. The Labute approximate surface area is 175 Å². The molecule has 1 N–H and O–H groups in total. The molecule has 2 aliphatic heterocycles. The molecular formula is C24H25FN4O. The largest absolute Gasteiger partial charge is 0.369 e. The summed E-state index contributed by atoms with van der Waals surface area (Å²) in [5, 5.41) is 5.29. The Bertz CT molecular complexity index is 1060. The van der Waals surface area contributed by atoms with Gasteiger partial charge in [-0.3, -0.25) is 9.80 Å². The summed E-state index contributed by atoms with van der Waals surface area (Å²) in [5.41, 5.74) is 2.96. The maximum Gasteiger partial charge on any atom is 0.326 e. The van der Waals surface area contributed by atoms with E-state index >= 15 is 0 Å². The number of nitrogens with one attached hydrogen (secondary N) is 1. The van der Waals surface area contributed by atoms with Crippen molar-refractivity contribution in [1.82, 2.24) is 4.90 Å². The molecule has 0 aliphatic carbocycles. The summed E-state index contributed by atoms with van der Waals surface area (Å²) in [7, 11) is 0. The molecule has 0 spiro atoms. The van der Waals surface area contributed by atoms with Gasteiger partial charge in [-0.2, -0.15) is 0 Å². The third-order valence-corrected chi connectivity index (χ3v) is 6.08. The molecule has 0 bridgehead atoms. The van der Waals surface area contributed by atoms with E-state index in [1.165, 1.54) is 12.1 Å². The maximum atomic E-state index is 13.1. The van der Waals surface area contributed by atoms with Gasteiger partial charge in [0.15, 0.2) is 0 Å². The fourth-order valence-corrected chi connectivity index (χ4v) is 4.50. The molecule has 3 aromatic carbocycles. The van der Waals surface area contributed by atoms with E-state index < -0.39 is 0 Å². The fraction of sp³-hybridized carbons (Fsp3) is 0.292. The highest BCUT2D eigenvalue weighted by atomic mass is 19.1. The molecule has 1 fully saturated rings. The number of rotatable bonds is 5. The van der Waals surface area contributed by atoms with E-state index in [0.717, 1.165) is 67.0 Å². The second-order valence-corrected chi connectivity index (χ2v) is 7.92. The number of anilines is 3. The van der Waals surface area contributed by atoms with Crippen LogP contribution in [-0.4, -0.2) is 50.2 Å². The quantitative estimate of drug-likeness (QED) is 0.678. The van der Waals surface area contributed by atoms with E-state index in [9.17, 15) is 9.18 Å². The van der Waals surface area contributed by atoms with E-state index in [-0.39, 0.29) is 11.8 Å². The predicted molar refractivity (Wildman–Crippen MR) is 120 cm³/mol. The van der Waals surface area contributed by atoms with Crippen LogP contribution in [0, 0.1) is 5.82 Å². The van der Waals surface area contributed by atoms with E-state index in [1.54, 1.807) is 0 Å². The number of carbonyl (C=O) groups excluding carboxylic acids is 1. The summed E-state index contributed by atoms with van der Waals surface area (Å²) < 4.78 is 13.1. The first kappa shape index (κ1) is 18.9. The molecule has 5 rings (SSSR count). The van der Waals surface area contributed by atoms with Gasteiger partial charge in [-0.1, -0.05) is 24.3 Å². The zero-order valence-electron chi connectivity index (χ0n) is 16.9. The number of benzene rings is 3. The molecule has 154 valence electrons. The molecule has 2 heterocycles. The van der Waals surface area contributed by atoms with Crippen LogP contribution in [0.25, 0.3) is 10.8 Å². The lowest BCUT2D eigenvalue weighted by molar-refractivity contribution is 0.249. The van der Waals surface area contributed by atoms with Gasteiger partial charge in [-0.05, 0) is 54.8 Å². The third-order valence-electron chi connectivity index (χ3n) is 6.08. The smallest absolute Gasteiger partial charge is 0.326 e. The number of hydrogen-bond acceptors (Lipinski definition) is 3. The van der Waals surface area contributed by atoms with Gasteiger partial charge < -0.3 is 10.2 Å². The lowest BCUT2D eigenvalue weighted by Gasteiger charge is -2.36. The van der Waals surface area contributed by atoms with E-state index in [2.05, 4.69) is 27.2 Å². The Kier molecular flexibility index (Phi) is 5.01. The van der Waals surface area contributed by atoms with Crippen LogP contribution in [0.3, 0.4) is 0 Å². The molecule has 0 aromatic heterocycles. The van der Waals surface area contributed by atoms with E-state index in [0.29, 0.717) is 6.54 Å². The van der Waals surface area contributed by atoms with Gasteiger partial charge in [0.25, 0.3) is 0 Å². The molecule has 6 heteroatoms. The van der Waals surface area contributed by atoms with Crippen LogP contribution in [0.4, 0.5) is 26.2 Å². The highest BCUT2D eigenvalue weighted by Gasteiger charge is 2.25. The molecule has 0 unspecified atom stereocenters. The normalized spacial score (nSPS) is 16.8. The number of nitrogens with zero attached hydrogens (tertiary/aromatic N) is 3. The van der Waals surface area contributed by atoms with Crippen molar-refractivity contribution < 1.29 is 9.18 Å². The second kappa shape index (κ2) is 7.95. The Morgan fingerprint density at radius 2 is 1.60 bits per heavy atom. The van der Waals surface area contributed by atoms with Crippen molar-refractivity contribution >= 4 is 33.9 Å². The summed E-state index contributed by atoms with van der Waals surface area (Å²) in [6, 6.07) is 18.8. The lowest BCUT2D eigenvalue weighted by Crippen LogP contribution is -2.47. The van der Waals surface area contributed by atoms with Gasteiger partial charge in [0.05, 0.1) is 11.4 Å². The number of urea groups is 1. The zero-order valence-corrected chi connectivity index (χ0v) is 16.9. The maximum absolute atomic E-state index is 13.1. The van der Waals surface area contributed by atoms with Gasteiger partial charge in [0.1, 0.15) is 5.82 Å². The van der Waals surface area contributed by atoms with Gasteiger partial charge >= 0.3 is 6.03 Å². The number of piperazine rings is 1. The van der Waals surface area contributed by atoms with Gasteiger partial charge in [0.2, 0.25) is 0 Å². The first-order valence-electron chi connectivity index (χ1n) is 10.5. The lowest BCUT2D eigenvalue weighted by atomic mass is 10.0. The predicted octanol–water partition coefficient (Wildman–Crippen LogP) is 4.54. The van der Waals surface area contributed by atoms with Crippen LogP contribution in [0.2, 0.25) is 0 Å². The molecular weight excluding hydrogens is 379 g/mol. The molecule has 5 nitrogen and oxygen atoms in total. The molecule has 2 aliphatic rings. The Morgan fingerprint density at radius 1 is 0.867 bits per heavy atom. The summed E-state index contributed by atoms with van der Waals surface area (Å²) in [5.74, 6) is -0.197. The number of halogens is 1. The second-order valence-electron chi connectivity index (χ2n) is 7.92. The third kappa shape index (κ3) is 3.59. The number of carbonyl (C=O) groups is 1. The Balaban J connectivity index is 1.18. The van der Waals surface area contributed by atoms with Gasteiger partial charge in [-0.25, -0.2) is 9.18 Å². The van der Waals surface area contributed by atoms with Crippen LogP contribution in [0.15, 0.2) is 60.7 Å². The Hall–Kier alpha value is -3.12. The van der Waals surface area contributed by atoms with Crippen LogP contribution in [0.5, 0.6) is 0 Å². The molecule has 0 atom stereocenters. The first-order valence-corrected chi connectivity index (χ1v) is 10.5. The summed E-state index contributed by atoms with van der Waals surface area (Å²) >= 11 is 0. The first-order chi connectivity index (χ1) is 14.7. The molecule has 3 aromatic rings. The van der Waals surface area contributed by atoms with Crippen molar-refractivity contribution in [2.45, 2.75) is 6.42 Å². The zero-order chi connectivity index (χ0) is 20.5. The van der Waals surface area contributed by atoms with Crippen LogP contribution in [0.1, 0.15) is 6.42 Å². The average molecular weight is 404 g/mol. The Morgan fingerprint density at radius 3 is 2.37 bits per heavy atom. The average Bonchev–Trinajstić information content (AvgIpc) is 2.77. The van der Waals surface area contributed by atoms with Crippen LogP contribution < -0.4 is 15.1 Å². The monoisotopic (exact) mass is 404 g/mol. The minimum Gasteiger partial charge on any atom is -0.369 e. The number of amides is 2. The molecule has 1 saturated heterocycles. The molecule has 0 saturated carbocycles. The minimum atomic E-state index is -0.197. The van der Waals surface area contributed by atoms with Crippen molar-refractivity contribution in [3.63, 3.8) is 0 Å². The van der Waals surface area contributed by atoms with E-state index in [4.69, 9.17) is 0 Å². The highest BCUT2D eigenvalue weighted by molar-refractivity contribution is 6.18. The van der Waals surface area contributed by atoms with E-state index in [1.807, 2.05) is 41.3 Å². The van der Waals surface area contributed by atoms with Crippen molar-refractivity contribution in [1.29, 1.82) is 0 Å². The fourth-order valence-electron chi connectivity index (χ4n) is 4.50. The van der Waals surface area contributed by atoms with Crippen molar-refractivity contribution in [2.75, 3.05) is 54.4 Å². The standard InChI is InChI=1S/C24H25FN4O/c25-19-8-10-20(11-9-19)28-16-14-27(15-17-28)12-3-13-29-22-7-2-5-18-4-1-6-21(23(18)22)26-24(29)30/h1-2,4-11H,3,12-17H2,(H,26,30). The van der Waals surface area contributed by atoms with Crippen molar-refractivity contribution in [2.24, 2.45) is 0 Å². The minimum absolute atomic E-state index is 0.0534. The highest BCUT2D eigenvalue weighted by Crippen LogP contribution is 2.36. The van der Waals surface area contributed by atoms with Crippen LogP contribution >= 0.6 is 0 Å².